The minimum Gasteiger partial charge on any atom is -0.338 e. The van der Waals surface area contributed by atoms with Gasteiger partial charge in [-0.3, -0.25) is 0 Å². The van der Waals surface area contributed by atoms with Gasteiger partial charge in [0, 0.05) is 17.6 Å². The Labute approximate surface area is 163 Å². The van der Waals surface area contributed by atoms with Crippen LogP contribution in [-0.2, 0) is 16.6 Å². The van der Waals surface area contributed by atoms with Crippen LogP contribution in [0.2, 0.25) is 5.02 Å². The zero-order valence-corrected chi connectivity index (χ0v) is 16.8. The molecule has 0 fully saturated rings. The molecule has 0 aliphatic heterocycles. The first-order valence-corrected chi connectivity index (χ1v) is 10.2. The molecule has 0 aliphatic carbocycles. The van der Waals surface area contributed by atoms with Gasteiger partial charge in [0.1, 0.15) is 0 Å². The summed E-state index contributed by atoms with van der Waals surface area (Å²) in [6, 6.07) is 13.9. The van der Waals surface area contributed by atoms with E-state index in [0.29, 0.717) is 16.8 Å². The fourth-order valence-electron chi connectivity index (χ4n) is 2.52. The maximum absolute atomic E-state index is 12.8. The quantitative estimate of drug-likeness (QED) is 0.609. The second-order valence-electron chi connectivity index (χ2n) is 6.50. The van der Waals surface area contributed by atoms with Crippen molar-refractivity contribution in [2.75, 3.05) is 7.05 Å². The normalized spacial score (nSPS) is 12.1. The van der Waals surface area contributed by atoms with Crippen molar-refractivity contribution < 1.29 is 12.9 Å². The highest BCUT2D eigenvalue weighted by molar-refractivity contribution is 7.89. The first-order valence-electron chi connectivity index (χ1n) is 8.42. The SMILES string of the molecule is CC(C)c1ccc(S(=O)(=O)N(C)Cc2nc(-c3ccc(Cl)cc3)no2)cc1. The molecule has 2 aromatic carbocycles. The van der Waals surface area contributed by atoms with Gasteiger partial charge >= 0.3 is 0 Å². The third-order valence-corrected chi connectivity index (χ3v) is 6.25. The summed E-state index contributed by atoms with van der Waals surface area (Å²) in [7, 11) is -2.17. The third-order valence-electron chi connectivity index (χ3n) is 4.18. The van der Waals surface area contributed by atoms with Crippen LogP contribution in [0, 0.1) is 0 Å². The van der Waals surface area contributed by atoms with Gasteiger partial charge < -0.3 is 4.52 Å². The topological polar surface area (TPSA) is 76.3 Å². The Kier molecular flexibility index (Phi) is 5.64. The molecule has 3 aromatic rings. The Morgan fingerprint density at radius 3 is 2.30 bits per heavy atom. The number of aromatic nitrogens is 2. The molecule has 1 heterocycles. The van der Waals surface area contributed by atoms with E-state index in [9.17, 15) is 8.42 Å². The molecule has 0 saturated carbocycles. The first-order chi connectivity index (χ1) is 12.8. The lowest BCUT2D eigenvalue weighted by atomic mass is 10.0. The Bertz CT molecular complexity index is 1010. The summed E-state index contributed by atoms with van der Waals surface area (Å²) in [5, 5.41) is 4.51. The molecule has 8 heteroatoms. The molecule has 0 saturated heterocycles. The van der Waals surface area contributed by atoms with Gasteiger partial charge in [-0.2, -0.15) is 9.29 Å². The fourth-order valence-corrected chi connectivity index (χ4v) is 3.76. The molecule has 0 spiro atoms. The molecule has 27 heavy (non-hydrogen) atoms. The highest BCUT2D eigenvalue weighted by Crippen LogP contribution is 2.22. The van der Waals surface area contributed by atoms with E-state index >= 15 is 0 Å². The fraction of sp³-hybridized carbons (Fsp3) is 0.263. The summed E-state index contributed by atoms with van der Waals surface area (Å²) in [6.07, 6.45) is 0. The van der Waals surface area contributed by atoms with E-state index in [1.807, 2.05) is 12.1 Å². The lowest BCUT2D eigenvalue weighted by Crippen LogP contribution is -2.26. The standard InChI is InChI=1S/C19H20ClN3O3S/c1-13(2)14-6-10-17(11-7-14)27(24,25)23(3)12-18-21-19(22-26-18)15-4-8-16(20)9-5-15/h4-11,13H,12H2,1-3H3. The van der Waals surface area contributed by atoms with E-state index in [1.54, 1.807) is 36.4 Å². The van der Waals surface area contributed by atoms with Gasteiger partial charge in [0.25, 0.3) is 0 Å². The van der Waals surface area contributed by atoms with Crippen molar-refractivity contribution in [1.29, 1.82) is 0 Å². The van der Waals surface area contributed by atoms with Crippen molar-refractivity contribution in [1.82, 2.24) is 14.4 Å². The smallest absolute Gasteiger partial charge is 0.243 e. The predicted octanol–water partition coefficient (Wildman–Crippen LogP) is 4.33. The van der Waals surface area contributed by atoms with Gasteiger partial charge in [-0.15, -0.1) is 0 Å². The van der Waals surface area contributed by atoms with Crippen molar-refractivity contribution in [2.45, 2.75) is 31.2 Å². The summed E-state index contributed by atoms with van der Waals surface area (Å²) in [5.41, 5.74) is 1.82. The van der Waals surface area contributed by atoms with Crippen LogP contribution in [-0.4, -0.2) is 29.9 Å². The van der Waals surface area contributed by atoms with Crippen LogP contribution in [0.4, 0.5) is 0 Å². The Balaban J connectivity index is 1.76. The lowest BCUT2D eigenvalue weighted by molar-refractivity contribution is 0.337. The highest BCUT2D eigenvalue weighted by atomic mass is 35.5. The molecular formula is C19H20ClN3O3S. The molecule has 0 N–H and O–H groups in total. The van der Waals surface area contributed by atoms with E-state index in [2.05, 4.69) is 24.0 Å². The van der Waals surface area contributed by atoms with E-state index in [1.165, 1.54) is 11.4 Å². The maximum Gasteiger partial charge on any atom is 0.243 e. The summed E-state index contributed by atoms with van der Waals surface area (Å²) >= 11 is 5.87. The molecule has 0 amide bonds. The van der Waals surface area contributed by atoms with Crippen molar-refractivity contribution >= 4 is 21.6 Å². The van der Waals surface area contributed by atoms with E-state index < -0.39 is 10.0 Å². The number of sulfonamides is 1. The number of rotatable bonds is 6. The highest BCUT2D eigenvalue weighted by Gasteiger charge is 2.23. The molecule has 3 rings (SSSR count). The van der Waals surface area contributed by atoms with Crippen LogP contribution in [0.3, 0.4) is 0 Å². The number of benzene rings is 2. The zero-order valence-electron chi connectivity index (χ0n) is 15.3. The minimum absolute atomic E-state index is 0.0190. The van der Waals surface area contributed by atoms with E-state index in [0.717, 1.165) is 11.1 Å². The molecule has 0 radical (unpaired) electrons. The Morgan fingerprint density at radius 2 is 1.70 bits per heavy atom. The summed E-state index contributed by atoms with van der Waals surface area (Å²) in [4.78, 5) is 4.50. The average molecular weight is 406 g/mol. The van der Waals surface area contributed by atoms with Gasteiger partial charge in [0.05, 0.1) is 11.4 Å². The van der Waals surface area contributed by atoms with Gasteiger partial charge in [-0.25, -0.2) is 8.42 Å². The molecule has 0 aliphatic rings. The van der Waals surface area contributed by atoms with Crippen LogP contribution >= 0.6 is 11.6 Å². The van der Waals surface area contributed by atoms with Crippen molar-refractivity contribution in [3.05, 3.63) is 65.0 Å². The number of nitrogens with zero attached hydrogens (tertiary/aromatic N) is 3. The van der Waals surface area contributed by atoms with Crippen molar-refractivity contribution in [3.63, 3.8) is 0 Å². The van der Waals surface area contributed by atoms with Crippen LogP contribution in [0.1, 0.15) is 31.2 Å². The number of hydrogen-bond donors (Lipinski definition) is 0. The predicted molar refractivity (Wildman–Crippen MR) is 104 cm³/mol. The minimum atomic E-state index is -3.65. The molecule has 0 bridgehead atoms. The Morgan fingerprint density at radius 1 is 1.07 bits per heavy atom. The van der Waals surface area contributed by atoms with Gasteiger partial charge in [-0.05, 0) is 47.9 Å². The second-order valence-corrected chi connectivity index (χ2v) is 8.98. The van der Waals surface area contributed by atoms with E-state index in [4.69, 9.17) is 16.1 Å². The van der Waals surface area contributed by atoms with Crippen LogP contribution < -0.4 is 0 Å². The summed E-state index contributed by atoms with van der Waals surface area (Å²) in [5.74, 6) is 0.933. The number of hydrogen-bond acceptors (Lipinski definition) is 5. The lowest BCUT2D eigenvalue weighted by Gasteiger charge is -2.15. The van der Waals surface area contributed by atoms with Gasteiger partial charge in [-0.1, -0.05) is 42.7 Å². The van der Waals surface area contributed by atoms with Crippen LogP contribution in [0.5, 0.6) is 0 Å². The molecular weight excluding hydrogens is 386 g/mol. The van der Waals surface area contributed by atoms with Crippen LogP contribution in [0.15, 0.2) is 57.9 Å². The second kappa shape index (κ2) is 7.80. The average Bonchev–Trinajstić information content (AvgIpc) is 3.10. The van der Waals surface area contributed by atoms with Gasteiger partial charge in [0.2, 0.25) is 21.7 Å². The zero-order chi connectivity index (χ0) is 19.6. The first kappa shape index (κ1) is 19.5. The van der Waals surface area contributed by atoms with Crippen molar-refractivity contribution in [3.8, 4) is 11.4 Å². The van der Waals surface area contributed by atoms with Gasteiger partial charge in [0.15, 0.2) is 0 Å². The number of halogens is 1. The maximum atomic E-state index is 12.8. The molecule has 142 valence electrons. The summed E-state index contributed by atoms with van der Waals surface area (Å²) in [6.45, 7) is 4.10. The van der Waals surface area contributed by atoms with E-state index in [-0.39, 0.29) is 17.3 Å². The monoisotopic (exact) mass is 405 g/mol. The van der Waals surface area contributed by atoms with Crippen LogP contribution in [0.25, 0.3) is 11.4 Å². The third kappa shape index (κ3) is 4.37. The molecule has 6 nitrogen and oxygen atoms in total. The molecule has 0 atom stereocenters. The summed E-state index contributed by atoms with van der Waals surface area (Å²) < 4.78 is 31.9. The Hall–Kier alpha value is -2.22. The van der Waals surface area contributed by atoms with Crippen molar-refractivity contribution in [2.24, 2.45) is 0 Å². The molecule has 1 aromatic heterocycles. The molecule has 0 unspecified atom stereocenters. The largest absolute Gasteiger partial charge is 0.338 e.